The van der Waals surface area contributed by atoms with Crippen LogP contribution < -0.4 is 5.73 Å². The molecule has 0 radical (unpaired) electrons. The summed E-state index contributed by atoms with van der Waals surface area (Å²) in [4.78, 5) is 39.0. The van der Waals surface area contributed by atoms with E-state index >= 15 is 4.39 Å². The highest BCUT2D eigenvalue weighted by atomic mass is 32.1. The quantitative estimate of drug-likeness (QED) is 0.158. The van der Waals surface area contributed by atoms with Gasteiger partial charge in [0, 0.05) is 6.20 Å². The molecule has 0 bridgehead atoms. The van der Waals surface area contributed by atoms with Crippen molar-refractivity contribution >= 4 is 41.5 Å². The van der Waals surface area contributed by atoms with Crippen molar-refractivity contribution in [1.82, 2.24) is 9.55 Å². The van der Waals surface area contributed by atoms with Crippen molar-refractivity contribution in [2.75, 3.05) is 5.73 Å². The first kappa shape index (κ1) is 26.1. The third-order valence-corrected chi connectivity index (χ3v) is 7.48. The van der Waals surface area contributed by atoms with Crippen LogP contribution in [-0.2, 0) is 31.6 Å². The van der Waals surface area contributed by atoms with Crippen LogP contribution in [0.15, 0.2) is 6.20 Å². The minimum absolute atomic E-state index is 0.463. The number of anilines is 1. The number of hydrogen-bond acceptors (Lipinski definition) is 11. The van der Waals surface area contributed by atoms with Gasteiger partial charge in [0.1, 0.15) is 0 Å². The van der Waals surface area contributed by atoms with Gasteiger partial charge in [-0.05, 0) is 12.2 Å². The summed E-state index contributed by atoms with van der Waals surface area (Å²) in [5.74, 6) is -0.397. The van der Waals surface area contributed by atoms with Gasteiger partial charge in [-0.15, -0.1) is 6.42 Å². The van der Waals surface area contributed by atoms with Crippen molar-refractivity contribution < 1.29 is 65.0 Å². The Morgan fingerprint density at radius 1 is 1.29 bits per heavy atom. The second-order valence-corrected chi connectivity index (χ2v) is 10.3. The largest absolute Gasteiger partial charge is 0.490 e. The molecule has 1 fully saturated rings. The van der Waals surface area contributed by atoms with Gasteiger partial charge < -0.3 is 35.2 Å². The smallest absolute Gasteiger partial charge is 0.383 e. The maximum Gasteiger partial charge on any atom is 0.490 e. The van der Waals surface area contributed by atoms with Crippen LogP contribution in [0.3, 0.4) is 0 Å². The van der Waals surface area contributed by atoms with Crippen molar-refractivity contribution in [1.29, 1.82) is 0 Å². The first-order valence-corrected chi connectivity index (χ1v) is 12.2. The number of phosphoric acid groups is 3. The number of terminal acetylenes is 1. The van der Waals surface area contributed by atoms with Crippen molar-refractivity contribution in [3.63, 3.8) is 0 Å². The number of nitrogen functional groups attached to an aromatic ring is 1. The SMILES string of the molecule is C#C[C@@]1(F)C(O)C(OP(=O)(O)OP(=O)(O)OP(=O)(O)O)O[C@H]1n1cc(F)c(N)nc1=S. The minimum Gasteiger partial charge on any atom is -0.383 e. The highest BCUT2D eigenvalue weighted by Crippen LogP contribution is 2.67. The van der Waals surface area contributed by atoms with Crippen LogP contribution in [0.5, 0.6) is 0 Å². The van der Waals surface area contributed by atoms with Crippen molar-refractivity contribution in [2.24, 2.45) is 0 Å². The lowest BCUT2D eigenvalue weighted by atomic mass is 10.00. The molecule has 1 aromatic heterocycles. The summed E-state index contributed by atoms with van der Waals surface area (Å²) in [6.45, 7) is 0. The molecular weight excluding hydrogens is 517 g/mol. The van der Waals surface area contributed by atoms with Crippen LogP contribution in [0.4, 0.5) is 14.6 Å². The zero-order valence-electron chi connectivity index (χ0n) is 14.5. The maximum absolute atomic E-state index is 15.2. The molecule has 2 rings (SSSR count). The number of aliphatic hydroxyl groups is 1. The van der Waals surface area contributed by atoms with E-state index in [4.69, 9.17) is 43.8 Å². The summed E-state index contributed by atoms with van der Waals surface area (Å²) in [5, 5.41) is 10.1. The number of rotatable bonds is 7. The number of nitrogens with two attached hydrogens (primary N) is 1. The Morgan fingerprint density at radius 2 is 1.87 bits per heavy atom. The lowest BCUT2D eigenvalue weighted by Gasteiger charge is -2.24. The van der Waals surface area contributed by atoms with E-state index in [0.29, 0.717) is 10.8 Å². The van der Waals surface area contributed by atoms with Crippen LogP contribution in [-0.4, -0.2) is 52.3 Å². The molecule has 0 spiro atoms. The molecule has 6 atom stereocenters. The number of hydrogen-bond donors (Lipinski definition) is 6. The molecule has 21 heteroatoms. The Hall–Kier alpha value is -1.15. The fourth-order valence-electron chi connectivity index (χ4n) is 2.21. The van der Waals surface area contributed by atoms with Gasteiger partial charge in [0.05, 0.1) is 0 Å². The van der Waals surface area contributed by atoms with Crippen LogP contribution in [0.1, 0.15) is 6.23 Å². The van der Waals surface area contributed by atoms with Gasteiger partial charge in [0.15, 0.2) is 24.0 Å². The van der Waals surface area contributed by atoms with E-state index in [9.17, 15) is 28.1 Å². The van der Waals surface area contributed by atoms with Crippen LogP contribution in [0, 0.1) is 22.9 Å². The van der Waals surface area contributed by atoms with E-state index in [0.717, 1.165) is 0 Å². The van der Waals surface area contributed by atoms with Crippen LogP contribution in [0.25, 0.3) is 0 Å². The fourth-order valence-corrected chi connectivity index (χ4v) is 5.54. The summed E-state index contributed by atoms with van der Waals surface area (Å²) in [6, 6.07) is 0. The first-order chi connectivity index (χ1) is 13.9. The number of ether oxygens (including phenoxy) is 1. The number of phosphoric ester groups is 1. The Kier molecular flexibility index (Phi) is 7.29. The number of aliphatic hydroxyl groups excluding tert-OH is 1. The predicted octanol–water partition coefficient (Wildman–Crippen LogP) is 0.234. The third-order valence-electron chi connectivity index (χ3n) is 3.37. The molecule has 2 heterocycles. The average molecular weight is 529 g/mol. The monoisotopic (exact) mass is 529 g/mol. The lowest BCUT2D eigenvalue weighted by molar-refractivity contribution is -0.135. The van der Waals surface area contributed by atoms with E-state index in [1.165, 1.54) is 5.92 Å². The molecule has 0 aromatic carbocycles. The molecular formula is C10H12F2N3O12P3S. The van der Waals surface area contributed by atoms with E-state index in [-0.39, 0.29) is 0 Å². The Morgan fingerprint density at radius 3 is 2.39 bits per heavy atom. The number of halogens is 2. The standard InChI is InChI=1S/C10H12F2N3O12P3S/c1-2-10(12)5(16)7(24-8(10)15-3-4(11)6(13)14-9(15)31)25-29(20,21)27-30(22,23)26-28(17,18)19/h1,3,5,7-8,16H,(H,20,21)(H,22,23)(H2,13,14,31)(H2,17,18,19)/t5?,7?,8-,10-/m1/s1. The second kappa shape index (κ2) is 8.65. The van der Waals surface area contributed by atoms with Crippen molar-refractivity contribution in [3.05, 3.63) is 16.8 Å². The highest BCUT2D eigenvalue weighted by Gasteiger charge is 2.60. The minimum atomic E-state index is -5.91. The molecule has 174 valence electrons. The summed E-state index contributed by atoms with van der Waals surface area (Å²) in [5.41, 5.74) is 1.92. The fraction of sp³-hybridized carbons (Fsp3) is 0.400. The zero-order valence-corrected chi connectivity index (χ0v) is 18.0. The van der Waals surface area contributed by atoms with Gasteiger partial charge in [-0.1, -0.05) is 5.92 Å². The Labute approximate surface area is 175 Å². The number of aromatic nitrogens is 2. The molecule has 15 nitrogen and oxygen atoms in total. The van der Waals surface area contributed by atoms with Gasteiger partial charge in [-0.3, -0.25) is 9.09 Å². The molecule has 1 saturated heterocycles. The van der Waals surface area contributed by atoms with Crippen molar-refractivity contribution in [2.45, 2.75) is 24.3 Å². The summed E-state index contributed by atoms with van der Waals surface area (Å²) < 4.78 is 78.7. The van der Waals surface area contributed by atoms with E-state index in [1.54, 1.807) is 0 Å². The van der Waals surface area contributed by atoms with E-state index < -0.39 is 64.2 Å². The molecule has 1 aromatic rings. The molecule has 1 aliphatic heterocycles. The van der Waals surface area contributed by atoms with Crippen molar-refractivity contribution in [3.8, 4) is 12.3 Å². The van der Waals surface area contributed by atoms with Crippen LogP contribution >= 0.6 is 35.7 Å². The predicted molar refractivity (Wildman–Crippen MR) is 95.0 cm³/mol. The van der Waals surface area contributed by atoms with E-state index in [1.807, 2.05) is 0 Å². The zero-order chi connectivity index (χ0) is 24.0. The van der Waals surface area contributed by atoms with Gasteiger partial charge in [-0.25, -0.2) is 22.5 Å². The summed E-state index contributed by atoms with van der Waals surface area (Å²) in [6.07, 6.45) is -1.78. The summed E-state index contributed by atoms with van der Waals surface area (Å²) in [7, 11) is -17.4. The maximum atomic E-state index is 15.2. The highest BCUT2D eigenvalue weighted by molar-refractivity contribution is 7.71. The third kappa shape index (κ3) is 6.01. The molecule has 7 N–H and O–H groups in total. The molecule has 4 unspecified atom stereocenters. The molecule has 0 amide bonds. The van der Waals surface area contributed by atoms with Gasteiger partial charge in [-0.2, -0.15) is 13.6 Å². The van der Waals surface area contributed by atoms with Gasteiger partial charge in [0.25, 0.3) is 0 Å². The van der Waals surface area contributed by atoms with Gasteiger partial charge in [0.2, 0.25) is 16.7 Å². The summed E-state index contributed by atoms with van der Waals surface area (Å²) >= 11 is 4.77. The molecule has 0 aliphatic carbocycles. The Bertz CT molecular complexity index is 1120. The number of nitrogens with zero attached hydrogens (tertiary/aromatic N) is 2. The Balaban J connectivity index is 2.34. The van der Waals surface area contributed by atoms with E-state index in [2.05, 4.69) is 18.1 Å². The van der Waals surface area contributed by atoms with Crippen LogP contribution in [0.2, 0.25) is 0 Å². The molecule has 31 heavy (non-hydrogen) atoms. The molecule has 1 aliphatic rings. The first-order valence-electron chi connectivity index (χ1n) is 7.27. The van der Waals surface area contributed by atoms with Gasteiger partial charge >= 0.3 is 23.5 Å². The lowest BCUT2D eigenvalue weighted by Crippen LogP contribution is -2.42. The topological polar surface area (TPSA) is 233 Å². The number of alkyl halides is 1. The molecule has 0 saturated carbocycles. The average Bonchev–Trinajstić information content (AvgIpc) is 2.79. The normalized spacial score (nSPS) is 30.3. The second-order valence-electron chi connectivity index (χ2n) is 5.57.